The second kappa shape index (κ2) is 6.88. The maximum absolute atomic E-state index is 5.94. The summed E-state index contributed by atoms with van der Waals surface area (Å²) in [7, 11) is 1.74. The largest absolute Gasteiger partial charge is 0.380 e. The Morgan fingerprint density at radius 1 is 1.39 bits per heavy atom. The SMILES string of the molecule is CCNCC1CCOC1c1ccccc1COC. The van der Waals surface area contributed by atoms with Crippen LogP contribution in [-0.2, 0) is 16.1 Å². The maximum atomic E-state index is 5.94. The normalized spacial score (nSPS) is 23.4. The Kier molecular flexibility index (Phi) is 5.17. The molecule has 18 heavy (non-hydrogen) atoms. The lowest BCUT2D eigenvalue weighted by Crippen LogP contribution is -2.25. The van der Waals surface area contributed by atoms with E-state index in [0.717, 1.165) is 26.1 Å². The van der Waals surface area contributed by atoms with Crippen molar-refractivity contribution in [2.45, 2.75) is 26.1 Å². The van der Waals surface area contributed by atoms with Crippen molar-refractivity contribution in [1.29, 1.82) is 0 Å². The van der Waals surface area contributed by atoms with Crippen molar-refractivity contribution >= 4 is 0 Å². The van der Waals surface area contributed by atoms with Crippen molar-refractivity contribution in [2.75, 3.05) is 26.8 Å². The van der Waals surface area contributed by atoms with Crippen LogP contribution in [-0.4, -0.2) is 26.8 Å². The molecule has 0 radical (unpaired) electrons. The standard InChI is InChI=1S/C15H23NO2/c1-3-16-10-12-8-9-18-15(12)14-7-5-4-6-13(14)11-17-2/h4-7,12,15-16H,3,8-11H2,1-2H3. The van der Waals surface area contributed by atoms with E-state index in [-0.39, 0.29) is 6.10 Å². The van der Waals surface area contributed by atoms with Crippen LogP contribution in [0.3, 0.4) is 0 Å². The summed E-state index contributed by atoms with van der Waals surface area (Å²) in [6.45, 7) is 5.71. The van der Waals surface area contributed by atoms with Gasteiger partial charge < -0.3 is 14.8 Å². The third-order valence-electron chi connectivity index (χ3n) is 3.53. The first-order valence-electron chi connectivity index (χ1n) is 6.75. The fraction of sp³-hybridized carbons (Fsp3) is 0.600. The number of hydrogen-bond donors (Lipinski definition) is 1. The zero-order chi connectivity index (χ0) is 12.8. The van der Waals surface area contributed by atoms with Gasteiger partial charge in [0.1, 0.15) is 0 Å². The number of hydrogen-bond acceptors (Lipinski definition) is 3. The minimum Gasteiger partial charge on any atom is -0.380 e. The molecule has 2 atom stereocenters. The molecule has 2 rings (SSSR count). The van der Waals surface area contributed by atoms with Gasteiger partial charge in [-0.25, -0.2) is 0 Å². The summed E-state index contributed by atoms with van der Waals surface area (Å²) in [4.78, 5) is 0. The lowest BCUT2D eigenvalue weighted by Gasteiger charge is -2.21. The van der Waals surface area contributed by atoms with E-state index in [1.165, 1.54) is 11.1 Å². The molecule has 1 aliphatic heterocycles. The molecule has 0 bridgehead atoms. The molecule has 1 heterocycles. The van der Waals surface area contributed by atoms with Crippen LogP contribution in [0.5, 0.6) is 0 Å². The molecule has 3 heteroatoms. The molecule has 3 nitrogen and oxygen atoms in total. The third-order valence-corrected chi connectivity index (χ3v) is 3.53. The number of benzene rings is 1. The minimum atomic E-state index is 0.218. The van der Waals surface area contributed by atoms with Crippen molar-refractivity contribution in [2.24, 2.45) is 5.92 Å². The van der Waals surface area contributed by atoms with Crippen LogP contribution >= 0.6 is 0 Å². The molecule has 0 amide bonds. The van der Waals surface area contributed by atoms with Crippen molar-refractivity contribution in [1.82, 2.24) is 5.32 Å². The van der Waals surface area contributed by atoms with Gasteiger partial charge in [0.15, 0.2) is 0 Å². The first kappa shape index (κ1) is 13.5. The van der Waals surface area contributed by atoms with Gasteiger partial charge in [0.25, 0.3) is 0 Å². The number of methoxy groups -OCH3 is 1. The van der Waals surface area contributed by atoms with Gasteiger partial charge in [-0.1, -0.05) is 31.2 Å². The Balaban J connectivity index is 2.13. The Bertz CT molecular complexity index is 367. The van der Waals surface area contributed by atoms with Gasteiger partial charge in [0, 0.05) is 26.2 Å². The molecule has 0 aliphatic carbocycles. The maximum Gasteiger partial charge on any atom is 0.0869 e. The van der Waals surface area contributed by atoms with Crippen LogP contribution < -0.4 is 5.32 Å². The zero-order valence-corrected chi connectivity index (χ0v) is 11.3. The van der Waals surface area contributed by atoms with E-state index < -0.39 is 0 Å². The summed E-state index contributed by atoms with van der Waals surface area (Å²) in [5.41, 5.74) is 2.54. The van der Waals surface area contributed by atoms with E-state index >= 15 is 0 Å². The predicted octanol–water partition coefficient (Wildman–Crippen LogP) is 2.52. The molecule has 1 fully saturated rings. The van der Waals surface area contributed by atoms with Crippen molar-refractivity contribution in [3.05, 3.63) is 35.4 Å². The van der Waals surface area contributed by atoms with E-state index in [9.17, 15) is 0 Å². The van der Waals surface area contributed by atoms with Gasteiger partial charge in [0.05, 0.1) is 12.7 Å². The molecule has 100 valence electrons. The number of rotatable bonds is 6. The molecule has 1 aliphatic rings. The monoisotopic (exact) mass is 249 g/mol. The number of ether oxygens (including phenoxy) is 2. The van der Waals surface area contributed by atoms with Gasteiger partial charge in [-0.2, -0.15) is 0 Å². The van der Waals surface area contributed by atoms with Gasteiger partial charge in [-0.05, 0) is 24.1 Å². The second-order valence-corrected chi connectivity index (χ2v) is 4.78. The highest BCUT2D eigenvalue weighted by atomic mass is 16.5. The van der Waals surface area contributed by atoms with Gasteiger partial charge in [0.2, 0.25) is 0 Å². The molecule has 1 aromatic rings. The van der Waals surface area contributed by atoms with Crippen molar-refractivity contribution in [3.8, 4) is 0 Å². The summed E-state index contributed by atoms with van der Waals surface area (Å²) in [5, 5.41) is 3.43. The molecule has 0 aromatic heterocycles. The van der Waals surface area contributed by atoms with E-state index in [1.807, 2.05) is 0 Å². The summed E-state index contributed by atoms with van der Waals surface area (Å²) in [5.74, 6) is 0.572. The fourth-order valence-electron chi connectivity index (χ4n) is 2.62. The van der Waals surface area contributed by atoms with Crippen LogP contribution in [0.15, 0.2) is 24.3 Å². The molecular weight excluding hydrogens is 226 g/mol. The fourth-order valence-corrected chi connectivity index (χ4v) is 2.62. The van der Waals surface area contributed by atoms with E-state index in [4.69, 9.17) is 9.47 Å². The van der Waals surface area contributed by atoms with Crippen molar-refractivity contribution < 1.29 is 9.47 Å². The Morgan fingerprint density at radius 2 is 2.22 bits per heavy atom. The van der Waals surface area contributed by atoms with Crippen LogP contribution in [0, 0.1) is 5.92 Å². The molecular formula is C15H23NO2. The second-order valence-electron chi connectivity index (χ2n) is 4.78. The third kappa shape index (κ3) is 3.10. The molecule has 1 saturated heterocycles. The van der Waals surface area contributed by atoms with Crippen LogP contribution in [0.25, 0.3) is 0 Å². The van der Waals surface area contributed by atoms with Crippen molar-refractivity contribution in [3.63, 3.8) is 0 Å². The quantitative estimate of drug-likeness (QED) is 0.840. The highest BCUT2D eigenvalue weighted by molar-refractivity contribution is 5.29. The van der Waals surface area contributed by atoms with E-state index in [1.54, 1.807) is 7.11 Å². The van der Waals surface area contributed by atoms with Gasteiger partial charge in [-0.15, -0.1) is 0 Å². The molecule has 2 unspecified atom stereocenters. The highest BCUT2D eigenvalue weighted by Gasteiger charge is 2.30. The first-order chi connectivity index (χ1) is 8.86. The Morgan fingerprint density at radius 3 is 3.00 bits per heavy atom. The molecule has 0 spiro atoms. The summed E-state index contributed by atoms with van der Waals surface area (Å²) >= 11 is 0. The topological polar surface area (TPSA) is 30.5 Å². The minimum absolute atomic E-state index is 0.218. The van der Waals surface area contributed by atoms with Crippen LogP contribution in [0.2, 0.25) is 0 Å². The lowest BCUT2D eigenvalue weighted by molar-refractivity contribution is 0.0875. The lowest BCUT2D eigenvalue weighted by atomic mass is 9.92. The van der Waals surface area contributed by atoms with E-state index in [0.29, 0.717) is 12.5 Å². The molecule has 1 aromatic carbocycles. The van der Waals surface area contributed by atoms with Gasteiger partial charge in [-0.3, -0.25) is 0 Å². The summed E-state index contributed by atoms with van der Waals surface area (Å²) < 4.78 is 11.2. The molecule has 0 saturated carbocycles. The Labute approximate surface area is 109 Å². The summed E-state index contributed by atoms with van der Waals surface area (Å²) in [6, 6.07) is 8.45. The average molecular weight is 249 g/mol. The molecule has 1 N–H and O–H groups in total. The smallest absolute Gasteiger partial charge is 0.0869 e. The van der Waals surface area contributed by atoms with E-state index in [2.05, 4.69) is 36.5 Å². The zero-order valence-electron chi connectivity index (χ0n) is 11.3. The number of nitrogens with one attached hydrogen (secondary N) is 1. The van der Waals surface area contributed by atoms with Crippen LogP contribution in [0.4, 0.5) is 0 Å². The van der Waals surface area contributed by atoms with Crippen LogP contribution in [0.1, 0.15) is 30.6 Å². The average Bonchev–Trinajstić information content (AvgIpc) is 2.85. The first-order valence-corrected chi connectivity index (χ1v) is 6.75. The summed E-state index contributed by atoms with van der Waals surface area (Å²) in [6.07, 6.45) is 1.36. The Hall–Kier alpha value is -0.900. The predicted molar refractivity (Wildman–Crippen MR) is 72.5 cm³/mol. The highest BCUT2D eigenvalue weighted by Crippen LogP contribution is 2.35. The van der Waals surface area contributed by atoms with Gasteiger partial charge >= 0.3 is 0 Å².